The molecule has 2 aromatic carbocycles. The summed E-state index contributed by atoms with van der Waals surface area (Å²) in [6.07, 6.45) is -1.06. The van der Waals surface area contributed by atoms with Crippen LogP contribution in [0.2, 0.25) is 0 Å². The van der Waals surface area contributed by atoms with Gasteiger partial charge in [-0.25, -0.2) is 8.42 Å². The lowest BCUT2D eigenvalue weighted by Crippen LogP contribution is -2.29. The van der Waals surface area contributed by atoms with Gasteiger partial charge in [0.1, 0.15) is 18.5 Å². The molecule has 2 unspecified atom stereocenters. The lowest BCUT2D eigenvalue weighted by atomic mass is 10.1. The molecule has 0 saturated heterocycles. The maximum Gasteiger partial charge on any atom is 0.159 e. The van der Waals surface area contributed by atoms with E-state index in [2.05, 4.69) is 0 Å². The van der Waals surface area contributed by atoms with E-state index in [1.807, 2.05) is 43.3 Å². The second-order valence-electron chi connectivity index (χ2n) is 5.66. The van der Waals surface area contributed by atoms with Gasteiger partial charge in [0, 0.05) is 0 Å². The Morgan fingerprint density at radius 1 is 1.09 bits per heavy atom. The molecule has 4 nitrogen and oxygen atoms in total. The smallest absolute Gasteiger partial charge is 0.159 e. The molecular formula is C18H22O4S. The third kappa shape index (κ3) is 5.08. The first-order valence-corrected chi connectivity index (χ1v) is 9.24. The Balaban J connectivity index is 1.97. The van der Waals surface area contributed by atoms with Crippen LogP contribution in [0.15, 0.2) is 54.6 Å². The van der Waals surface area contributed by atoms with Crippen molar-refractivity contribution < 1.29 is 18.3 Å². The molecule has 0 aromatic heterocycles. The van der Waals surface area contributed by atoms with Crippen molar-refractivity contribution in [3.63, 3.8) is 0 Å². The summed E-state index contributed by atoms with van der Waals surface area (Å²) >= 11 is 0. The molecule has 2 rings (SSSR count). The fourth-order valence-electron chi connectivity index (χ4n) is 2.30. The average molecular weight is 334 g/mol. The standard InChI is InChI=1S/C18H22O4S/c1-14-7-6-8-16(11-14)15(2)23(20,21)13-17(19)12-22-18-9-4-3-5-10-18/h3-11,15,17,19H,12-13H2,1-2H3. The van der Waals surface area contributed by atoms with E-state index in [0.29, 0.717) is 5.75 Å². The summed E-state index contributed by atoms with van der Waals surface area (Å²) in [4.78, 5) is 0. The number of ether oxygens (including phenoxy) is 1. The molecule has 0 radical (unpaired) electrons. The Labute approximate surface area is 137 Å². The second kappa shape index (κ2) is 7.62. The predicted octanol–water partition coefficient (Wildman–Crippen LogP) is 2.91. The number of hydrogen-bond donors (Lipinski definition) is 1. The van der Waals surface area contributed by atoms with E-state index in [1.165, 1.54) is 0 Å². The van der Waals surface area contributed by atoms with E-state index in [-0.39, 0.29) is 12.4 Å². The summed E-state index contributed by atoms with van der Waals surface area (Å²) in [7, 11) is -3.46. The van der Waals surface area contributed by atoms with Gasteiger partial charge in [0.05, 0.1) is 11.0 Å². The third-order valence-electron chi connectivity index (χ3n) is 3.66. The van der Waals surface area contributed by atoms with Crippen molar-refractivity contribution in [2.24, 2.45) is 0 Å². The Bertz CT molecular complexity index is 726. The fraction of sp³-hybridized carbons (Fsp3) is 0.333. The lowest BCUT2D eigenvalue weighted by Gasteiger charge is -2.17. The number of para-hydroxylation sites is 1. The van der Waals surface area contributed by atoms with Crippen LogP contribution in [0, 0.1) is 6.92 Å². The molecule has 2 aromatic rings. The summed E-state index contributed by atoms with van der Waals surface area (Å²) in [6, 6.07) is 16.4. The van der Waals surface area contributed by atoms with Crippen molar-refractivity contribution in [1.29, 1.82) is 0 Å². The number of aliphatic hydroxyl groups excluding tert-OH is 1. The average Bonchev–Trinajstić information content (AvgIpc) is 2.53. The number of sulfone groups is 1. The van der Waals surface area contributed by atoms with Crippen LogP contribution in [0.5, 0.6) is 5.75 Å². The minimum atomic E-state index is -3.46. The normalized spacial score (nSPS) is 14.2. The van der Waals surface area contributed by atoms with Crippen LogP contribution in [-0.4, -0.2) is 32.0 Å². The zero-order valence-electron chi connectivity index (χ0n) is 13.3. The van der Waals surface area contributed by atoms with Crippen molar-refractivity contribution in [2.75, 3.05) is 12.4 Å². The molecule has 0 heterocycles. The zero-order chi connectivity index (χ0) is 16.9. The summed E-state index contributed by atoms with van der Waals surface area (Å²) < 4.78 is 30.3. The molecule has 23 heavy (non-hydrogen) atoms. The quantitative estimate of drug-likeness (QED) is 0.845. The van der Waals surface area contributed by atoms with Gasteiger partial charge >= 0.3 is 0 Å². The third-order valence-corrected chi connectivity index (χ3v) is 5.86. The van der Waals surface area contributed by atoms with Gasteiger partial charge in [-0.15, -0.1) is 0 Å². The molecule has 0 aliphatic carbocycles. The molecule has 0 bridgehead atoms. The number of aliphatic hydroxyl groups is 1. The van der Waals surface area contributed by atoms with Gasteiger partial charge in [-0.3, -0.25) is 0 Å². The van der Waals surface area contributed by atoms with Crippen LogP contribution >= 0.6 is 0 Å². The van der Waals surface area contributed by atoms with Gasteiger partial charge in [0.25, 0.3) is 0 Å². The van der Waals surface area contributed by atoms with E-state index < -0.39 is 21.2 Å². The highest BCUT2D eigenvalue weighted by Crippen LogP contribution is 2.24. The first-order chi connectivity index (χ1) is 10.9. The van der Waals surface area contributed by atoms with Crippen molar-refractivity contribution in [2.45, 2.75) is 25.2 Å². The van der Waals surface area contributed by atoms with Gasteiger partial charge in [0.15, 0.2) is 9.84 Å². The molecule has 5 heteroatoms. The van der Waals surface area contributed by atoms with Gasteiger partial charge in [-0.05, 0) is 31.5 Å². The number of benzene rings is 2. The molecule has 0 fully saturated rings. The monoisotopic (exact) mass is 334 g/mol. The minimum absolute atomic E-state index is 0.0518. The van der Waals surface area contributed by atoms with E-state index in [9.17, 15) is 13.5 Å². The maximum atomic E-state index is 12.4. The van der Waals surface area contributed by atoms with Gasteiger partial charge in [0.2, 0.25) is 0 Å². The van der Waals surface area contributed by atoms with Gasteiger partial charge in [-0.1, -0.05) is 48.0 Å². The highest BCUT2D eigenvalue weighted by atomic mass is 32.2. The van der Waals surface area contributed by atoms with Gasteiger partial charge < -0.3 is 9.84 Å². The first kappa shape index (κ1) is 17.5. The van der Waals surface area contributed by atoms with E-state index in [1.54, 1.807) is 25.1 Å². The van der Waals surface area contributed by atoms with E-state index in [0.717, 1.165) is 11.1 Å². The minimum Gasteiger partial charge on any atom is -0.491 e. The topological polar surface area (TPSA) is 63.6 Å². The maximum absolute atomic E-state index is 12.4. The largest absolute Gasteiger partial charge is 0.491 e. The molecule has 0 aliphatic heterocycles. The zero-order valence-corrected chi connectivity index (χ0v) is 14.2. The molecule has 0 aliphatic rings. The van der Waals surface area contributed by atoms with Crippen LogP contribution in [0.4, 0.5) is 0 Å². The van der Waals surface area contributed by atoms with Crippen LogP contribution in [0.25, 0.3) is 0 Å². The lowest BCUT2D eigenvalue weighted by molar-refractivity contribution is 0.124. The number of rotatable bonds is 7. The molecule has 0 saturated carbocycles. The predicted molar refractivity (Wildman–Crippen MR) is 91.3 cm³/mol. The summed E-state index contributed by atoms with van der Waals surface area (Å²) in [5.74, 6) is 0.283. The van der Waals surface area contributed by atoms with E-state index in [4.69, 9.17) is 4.74 Å². The molecule has 124 valence electrons. The number of aryl methyl sites for hydroxylation is 1. The van der Waals surface area contributed by atoms with Gasteiger partial charge in [-0.2, -0.15) is 0 Å². The van der Waals surface area contributed by atoms with E-state index >= 15 is 0 Å². The van der Waals surface area contributed by atoms with Crippen molar-refractivity contribution in [3.05, 3.63) is 65.7 Å². The summed E-state index contributed by atoms with van der Waals surface area (Å²) in [6.45, 7) is 3.52. The summed E-state index contributed by atoms with van der Waals surface area (Å²) in [5.41, 5.74) is 1.75. The number of hydrogen-bond acceptors (Lipinski definition) is 4. The Morgan fingerprint density at radius 2 is 1.78 bits per heavy atom. The molecular weight excluding hydrogens is 312 g/mol. The molecule has 2 atom stereocenters. The van der Waals surface area contributed by atoms with Crippen molar-refractivity contribution in [3.8, 4) is 5.75 Å². The second-order valence-corrected chi connectivity index (χ2v) is 8.03. The Kier molecular flexibility index (Phi) is 5.80. The highest BCUT2D eigenvalue weighted by molar-refractivity contribution is 7.91. The van der Waals surface area contributed by atoms with Crippen LogP contribution in [-0.2, 0) is 9.84 Å². The first-order valence-electron chi connectivity index (χ1n) is 7.52. The molecule has 1 N–H and O–H groups in total. The van der Waals surface area contributed by atoms with Crippen molar-refractivity contribution in [1.82, 2.24) is 0 Å². The Morgan fingerprint density at radius 3 is 2.43 bits per heavy atom. The molecule has 0 spiro atoms. The summed E-state index contributed by atoms with van der Waals surface area (Å²) in [5, 5.41) is 9.33. The van der Waals surface area contributed by atoms with Crippen LogP contribution < -0.4 is 4.74 Å². The fourth-order valence-corrected chi connectivity index (χ4v) is 3.78. The Hall–Kier alpha value is -1.85. The highest BCUT2D eigenvalue weighted by Gasteiger charge is 2.26. The van der Waals surface area contributed by atoms with Crippen molar-refractivity contribution >= 4 is 9.84 Å². The van der Waals surface area contributed by atoms with Crippen LogP contribution in [0.3, 0.4) is 0 Å². The van der Waals surface area contributed by atoms with Crippen LogP contribution in [0.1, 0.15) is 23.3 Å². The SMILES string of the molecule is Cc1cccc(C(C)S(=O)(=O)CC(O)COc2ccccc2)c1. The molecule has 0 amide bonds.